The fraction of sp³-hybridized carbons (Fsp3) is 0.429. The SMILES string of the molecule is COc1cc(C2Oc3cc([C@H]4Cc5cc(O)cc(O)c5C(=O)[C@@H]4O)ccc3OC2COC(=O)CCCCC2CCCS2)ccc1O. The van der Waals surface area contributed by atoms with E-state index in [1.807, 2.05) is 11.8 Å². The Balaban J connectivity index is 1.20. The first kappa shape index (κ1) is 31.9. The number of phenolic OH excluding ortho intramolecular Hbond substituents is 3. The minimum Gasteiger partial charge on any atom is -0.508 e. The predicted octanol–water partition coefficient (Wildman–Crippen LogP) is 5.58. The summed E-state index contributed by atoms with van der Waals surface area (Å²) in [5.41, 5.74) is 1.65. The summed E-state index contributed by atoms with van der Waals surface area (Å²) in [6, 6.07) is 12.4. The van der Waals surface area contributed by atoms with Crippen molar-refractivity contribution in [3.05, 3.63) is 70.8 Å². The number of aliphatic hydroxyl groups is 1. The number of hydrogen-bond acceptors (Lipinski definition) is 11. The van der Waals surface area contributed by atoms with Crippen molar-refractivity contribution in [3.8, 4) is 34.5 Å². The number of methoxy groups -OCH3 is 1. The summed E-state index contributed by atoms with van der Waals surface area (Å²) in [4.78, 5) is 25.7. The molecule has 3 unspecified atom stereocenters. The van der Waals surface area contributed by atoms with Crippen LogP contribution in [0.3, 0.4) is 0 Å². The van der Waals surface area contributed by atoms with Crippen LogP contribution in [0.25, 0.3) is 0 Å². The third-order valence-corrected chi connectivity index (χ3v) is 10.4. The van der Waals surface area contributed by atoms with E-state index < -0.39 is 30.0 Å². The van der Waals surface area contributed by atoms with Crippen molar-refractivity contribution >= 4 is 23.5 Å². The average molecular weight is 651 g/mol. The van der Waals surface area contributed by atoms with Gasteiger partial charge in [0, 0.05) is 29.2 Å². The Labute approximate surface area is 271 Å². The number of esters is 1. The Bertz CT molecular complexity index is 1600. The number of benzene rings is 3. The van der Waals surface area contributed by atoms with Gasteiger partial charge >= 0.3 is 5.97 Å². The molecular weight excluding hydrogens is 612 g/mol. The van der Waals surface area contributed by atoms with E-state index in [4.69, 9.17) is 18.9 Å². The number of rotatable bonds is 10. The highest BCUT2D eigenvalue weighted by atomic mass is 32.2. The van der Waals surface area contributed by atoms with Crippen LogP contribution in [0.4, 0.5) is 0 Å². The average Bonchev–Trinajstić information content (AvgIpc) is 3.57. The molecule has 0 bridgehead atoms. The van der Waals surface area contributed by atoms with E-state index in [2.05, 4.69) is 0 Å². The number of ether oxygens (including phenoxy) is 4. The fourth-order valence-corrected chi connectivity index (χ4v) is 7.85. The van der Waals surface area contributed by atoms with Gasteiger partial charge in [-0.15, -0.1) is 0 Å². The molecule has 5 atom stereocenters. The van der Waals surface area contributed by atoms with Gasteiger partial charge < -0.3 is 39.4 Å². The standard InChI is InChI=1S/C35H38O10S/c1-42-28-16-20(8-10-25(28)37)35-30(18-43-31(39)7-3-2-5-23-6-4-12-46-23)44-27-11-9-19(15-29(27)45-35)24-14-21-13-22(36)17-26(38)32(21)34(41)33(24)40/h8-11,13,15-17,23-24,30,33,35-38,40H,2-7,12,14,18H2,1H3/t23?,24-,30?,33-,35?/m1/s1. The Morgan fingerprint density at radius 3 is 2.59 bits per heavy atom. The molecule has 0 saturated carbocycles. The van der Waals surface area contributed by atoms with E-state index in [9.17, 15) is 30.0 Å². The molecule has 2 heterocycles. The van der Waals surface area contributed by atoms with Crippen molar-refractivity contribution < 1.29 is 49.0 Å². The molecule has 46 heavy (non-hydrogen) atoms. The molecular formula is C35H38O10S. The highest BCUT2D eigenvalue weighted by molar-refractivity contribution is 8.00. The molecule has 3 aromatic carbocycles. The first-order chi connectivity index (χ1) is 22.2. The molecule has 3 aromatic rings. The molecule has 6 rings (SSSR count). The molecule has 0 radical (unpaired) electrons. The van der Waals surface area contributed by atoms with E-state index in [-0.39, 0.29) is 47.6 Å². The first-order valence-electron chi connectivity index (χ1n) is 15.6. The molecule has 0 spiro atoms. The first-order valence-corrected chi connectivity index (χ1v) is 16.6. The second-order valence-corrected chi connectivity index (χ2v) is 13.4. The van der Waals surface area contributed by atoms with Crippen molar-refractivity contribution in [3.63, 3.8) is 0 Å². The van der Waals surface area contributed by atoms with Gasteiger partial charge in [0.25, 0.3) is 0 Å². The Kier molecular flexibility index (Phi) is 9.51. The minimum atomic E-state index is -1.42. The van der Waals surface area contributed by atoms with Gasteiger partial charge in [-0.2, -0.15) is 11.8 Å². The van der Waals surface area contributed by atoms with Crippen molar-refractivity contribution in [1.29, 1.82) is 0 Å². The van der Waals surface area contributed by atoms with Crippen molar-refractivity contribution in [2.45, 2.75) is 74.4 Å². The molecule has 1 aliphatic carbocycles. The molecule has 4 N–H and O–H groups in total. The maximum absolute atomic E-state index is 13.0. The number of Topliss-reactive ketones (excluding diaryl/α,β-unsaturated/α-hetero) is 1. The summed E-state index contributed by atoms with van der Waals surface area (Å²) in [6.45, 7) is -0.0635. The number of carbonyl (C=O) groups is 2. The Hall–Kier alpha value is -4.09. The van der Waals surface area contributed by atoms with E-state index in [0.29, 0.717) is 39.9 Å². The number of fused-ring (bicyclic) bond motifs is 2. The van der Waals surface area contributed by atoms with Crippen LogP contribution < -0.4 is 14.2 Å². The summed E-state index contributed by atoms with van der Waals surface area (Å²) in [5, 5.41) is 42.1. The molecule has 0 amide bonds. The van der Waals surface area contributed by atoms with Gasteiger partial charge in [-0.05, 0) is 79.3 Å². The van der Waals surface area contributed by atoms with Crippen molar-refractivity contribution in [2.24, 2.45) is 0 Å². The zero-order chi connectivity index (χ0) is 32.4. The van der Waals surface area contributed by atoms with Crippen molar-refractivity contribution in [2.75, 3.05) is 19.5 Å². The lowest BCUT2D eigenvalue weighted by Gasteiger charge is -2.35. The maximum atomic E-state index is 13.0. The van der Waals surface area contributed by atoms with Gasteiger partial charge in [-0.25, -0.2) is 0 Å². The van der Waals surface area contributed by atoms with Gasteiger partial charge in [-0.1, -0.05) is 18.6 Å². The predicted molar refractivity (Wildman–Crippen MR) is 170 cm³/mol. The molecule has 1 saturated heterocycles. The lowest BCUT2D eigenvalue weighted by Crippen LogP contribution is -2.38. The molecule has 3 aliphatic rings. The summed E-state index contributed by atoms with van der Waals surface area (Å²) in [5.74, 6) is 0.00931. The van der Waals surface area contributed by atoms with Crippen molar-refractivity contribution in [1.82, 2.24) is 0 Å². The summed E-state index contributed by atoms with van der Waals surface area (Å²) >= 11 is 2.02. The molecule has 0 aromatic heterocycles. The van der Waals surface area contributed by atoms with Gasteiger partial charge in [-0.3, -0.25) is 9.59 Å². The number of aliphatic hydroxyl groups excluding tert-OH is 1. The number of carbonyl (C=O) groups excluding carboxylic acids is 2. The maximum Gasteiger partial charge on any atom is 0.305 e. The van der Waals surface area contributed by atoms with Gasteiger partial charge in [0.1, 0.15) is 24.2 Å². The Morgan fingerprint density at radius 2 is 1.80 bits per heavy atom. The zero-order valence-corrected chi connectivity index (χ0v) is 26.3. The monoisotopic (exact) mass is 650 g/mol. The highest BCUT2D eigenvalue weighted by Gasteiger charge is 2.39. The van der Waals surface area contributed by atoms with Crippen LogP contribution in [-0.4, -0.2) is 69.1 Å². The normalized spacial score (nSPS) is 23.5. The van der Waals surface area contributed by atoms with Crippen LogP contribution in [0.1, 0.15) is 77.6 Å². The number of hydrogen-bond donors (Lipinski definition) is 4. The minimum absolute atomic E-state index is 0.00522. The van der Waals surface area contributed by atoms with Crippen LogP contribution in [0.15, 0.2) is 48.5 Å². The summed E-state index contributed by atoms with van der Waals surface area (Å²) < 4.78 is 23.7. The largest absolute Gasteiger partial charge is 0.508 e. The second-order valence-electron chi connectivity index (χ2n) is 12.0. The van der Waals surface area contributed by atoms with E-state index in [1.165, 1.54) is 37.8 Å². The Morgan fingerprint density at radius 1 is 0.978 bits per heavy atom. The highest BCUT2D eigenvalue weighted by Crippen LogP contribution is 2.45. The molecule has 10 nitrogen and oxygen atoms in total. The topological polar surface area (TPSA) is 152 Å². The van der Waals surface area contributed by atoms with Gasteiger partial charge in [0.15, 0.2) is 41.0 Å². The molecule has 2 aliphatic heterocycles. The summed E-state index contributed by atoms with van der Waals surface area (Å²) in [6.07, 6.45) is 3.01. The fourth-order valence-electron chi connectivity index (χ4n) is 6.51. The third-order valence-electron chi connectivity index (χ3n) is 8.91. The summed E-state index contributed by atoms with van der Waals surface area (Å²) in [7, 11) is 1.44. The van der Waals surface area contributed by atoms with Gasteiger partial charge in [0.2, 0.25) is 0 Å². The third kappa shape index (κ3) is 6.71. The van der Waals surface area contributed by atoms with Crippen LogP contribution >= 0.6 is 11.8 Å². The number of thioether (sulfide) groups is 1. The van der Waals surface area contributed by atoms with Crippen LogP contribution in [0.2, 0.25) is 0 Å². The molecule has 11 heteroatoms. The number of aromatic hydroxyl groups is 3. The van der Waals surface area contributed by atoms with Crippen LogP contribution in [0, 0.1) is 0 Å². The van der Waals surface area contributed by atoms with Gasteiger partial charge in [0.05, 0.1) is 12.7 Å². The number of ketones is 1. The smallest absolute Gasteiger partial charge is 0.305 e. The lowest BCUT2D eigenvalue weighted by molar-refractivity contribution is -0.148. The lowest BCUT2D eigenvalue weighted by atomic mass is 9.77. The molecule has 1 fully saturated rings. The van der Waals surface area contributed by atoms with E-state index >= 15 is 0 Å². The van der Waals surface area contributed by atoms with E-state index in [0.717, 1.165) is 25.3 Å². The number of unbranched alkanes of at least 4 members (excludes halogenated alkanes) is 1. The number of phenols is 3. The van der Waals surface area contributed by atoms with E-state index in [1.54, 1.807) is 30.3 Å². The van der Waals surface area contributed by atoms with Crippen LogP contribution in [0.5, 0.6) is 34.5 Å². The molecule has 244 valence electrons. The second kappa shape index (κ2) is 13.7. The quantitative estimate of drug-likeness (QED) is 0.161. The van der Waals surface area contributed by atoms with Crippen LogP contribution in [-0.2, 0) is 16.0 Å². The zero-order valence-electron chi connectivity index (χ0n) is 25.5.